The van der Waals surface area contributed by atoms with Gasteiger partial charge < -0.3 is 15.5 Å². The van der Waals surface area contributed by atoms with Gasteiger partial charge in [0.15, 0.2) is 0 Å². The van der Waals surface area contributed by atoms with E-state index in [1.54, 1.807) is 12.1 Å². The lowest BCUT2D eigenvalue weighted by Gasteiger charge is -2.17. The number of aliphatic hydroxyl groups is 1. The molecular weight excluding hydrogens is 262 g/mol. The fourth-order valence-corrected chi connectivity index (χ4v) is 2.25. The summed E-state index contributed by atoms with van der Waals surface area (Å²) < 4.78 is 0. The molecule has 3 heteroatoms. The lowest BCUT2D eigenvalue weighted by atomic mass is 10.1. The van der Waals surface area contributed by atoms with E-state index in [4.69, 9.17) is 0 Å². The van der Waals surface area contributed by atoms with Gasteiger partial charge in [-0.05, 0) is 43.0 Å². The predicted octanol–water partition coefficient (Wildman–Crippen LogP) is 3.04. The molecule has 0 saturated carbocycles. The molecule has 0 saturated heterocycles. The summed E-state index contributed by atoms with van der Waals surface area (Å²) in [6, 6.07) is 17.3. The molecule has 0 amide bonds. The maximum absolute atomic E-state index is 10.1. The highest BCUT2D eigenvalue weighted by molar-refractivity contribution is 5.26. The summed E-state index contributed by atoms with van der Waals surface area (Å²) >= 11 is 0. The van der Waals surface area contributed by atoms with E-state index >= 15 is 0 Å². The van der Waals surface area contributed by atoms with Crippen molar-refractivity contribution in [1.82, 2.24) is 5.32 Å². The van der Waals surface area contributed by atoms with Gasteiger partial charge in [-0.3, -0.25) is 0 Å². The van der Waals surface area contributed by atoms with E-state index in [0.717, 1.165) is 18.4 Å². The Labute approximate surface area is 126 Å². The van der Waals surface area contributed by atoms with Crippen molar-refractivity contribution in [2.45, 2.75) is 31.9 Å². The third-order valence-electron chi connectivity index (χ3n) is 3.65. The molecule has 3 N–H and O–H groups in total. The van der Waals surface area contributed by atoms with Crippen molar-refractivity contribution in [2.75, 3.05) is 6.54 Å². The van der Waals surface area contributed by atoms with Gasteiger partial charge in [-0.25, -0.2) is 0 Å². The third-order valence-corrected chi connectivity index (χ3v) is 3.65. The van der Waals surface area contributed by atoms with Crippen molar-refractivity contribution in [1.29, 1.82) is 0 Å². The maximum Gasteiger partial charge on any atom is 0.115 e. The number of aryl methyl sites for hydroxylation is 1. The van der Waals surface area contributed by atoms with Crippen molar-refractivity contribution in [3.05, 3.63) is 65.7 Å². The van der Waals surface area contributed by atoms with Gasteiger partial charge in [-0.15, -0.1) is 0 Å². The van der Waals surface area contributed by atoms with Crippen LogP contribution in [0, 0.1) is 0 Å². The smallest absolute Gasteiger partial charge is 0.115 e. The Morgan fingerprint density at radius 1 is 1.00 bits per heavy atom. The van der Waals surface area contributed by atoms with Gasteiger partial charge in [-0.2, -0.15) is 0 Å². The van der Waals surface area contributed by atoms with E-state index in [9.17, 15) is 10.2 Å². The van der Waals surface area contributed by atoms with Gasteiger partial charge in [0, 0.05) is 12.6 Å². The highest BCUT2D eigenvalue weighted by atomic mass is 16.3. The van der Waals surface area contributed by atoms with Gasteiger partial charge >= 0.3 is 0 Å². The molecule has 0 heterocycles. The zero-order valence-corrected chi connectivity index (χ0v) is 12.4. The van der Waals surface area contributed by atoms with Gasteiger partial charge in [-0.1, -0.05) is 42.5 Å². The second kappa shape index (κ2) is 7.81. The molecule has 0 radical (unpaired) electrons. The molecule has 0 bridgehead atoms. The summed E-state index contributed by atoms with van der Waals surface area (Å²) in [6.45, 7) is 2.68. The lowest BCUT2D eigenvalue weighted by molar-refractivity contribution is 0.170. The minimum absolute atomic E-state index is 0.302. The molecule has 21 heavy (non-hydrogen) atoms. The van der Waals surface area contributed by atoms with Gasteiger partial charge in [0.25, 0.3) is 0 Å². The molecule has 112 valence electrons. The van der Waals surface area contributed by atoms with E-state index in [1.165, 1.54) is 5.56 Å². The topological polar surface area (TPSA) is 52.5 Å². The summed E-state index contributed by atoms with van der Waals surface area (Å²) in [5, 5.41) is 22.7. The number of phenols is 1. The Morgan fingerprint density at radius 3 is 2.33 bits per heavy atom. The fourth-order valence-electron chi connectivity index (χ4n) is 2.25. The molecule has 0 unspecified atom stereocenters. The average molecular weight is 285 g/mol. The van der Waals surface area contributed by atoms with Crippen LogP contribution in [0.5, 0.6) is 5.75 Å². The molecule has 2 atom stereocenters. The Balaban J connectivity index is 1.72. The van der Waals surface area contributed by atoms with Gasteiger partial charge in [0.05, 0.1) is 6.10 Å². The largest absolute Gasteiger partial charge is 0.508 e. The van der Waals surface area contributed by atoms with Crippen LogP contribution in [0.25, 0.3) is 0 Å². The lowest BCUT2D eigenvalue weighted by Crippen LogP contribution is -2.30. The molecule has 0 aliphatic rings. The number of hydrogen-bond acceptors (Lipinski definition) is 3. The molecule has 3 nitrogen and oxygen atoms in total. The standard InChI is InChI=1S/C18H23NO2/c1-14(7-8-15-9-11-17(20)12-10-15)19-13-18(21)16-5-3-2-4-6-16/h2-6,9-12,14,18-21H,7-8,13H2,1H3/t14-,18-/m0/s1. The number of benzene rings is 2. The highest BCUT2D eigenvalue weighted by Crippen LogP contribution is 2.13. The Hall–Kier alpha value is -1.84. The summed E-state index contributed by atoms with van der Waals surface area (Å²) in [7, 11) is 0. The third kappa shape index (κ3) is 5.21. The second-order valence-electron chi connectivity index (χ2n) is 5.44. The zero-order valence-electron chi connectivity index (χ0n) is 12.4. The van der Waals surface area contributed by atoms with E-state index < -0.39 is 6.10 Å². The molecular formula is C18H23NO2. The summed E-state index contributed by atoms with van der Waals surface area (Å²) in [6.07, 6.45) is 1.48. The molecule has 0 aromatic heterocycles. The normalized spacial score (nSPS) is 13.8. The molecule has 0 spiro atoms. The van der Waals surface area contributed by atoms with Crippen LogP contribution in [-0.4, -0.2) is 22.8 Å². The second-order valence-corrected chi connectivity index (χ2v) is 5.44. The first-order valence-corrected chi connectivity index (χ1v) is 7.39. The van der Waals surface area contributed by atoms with Crippen molar-refractivity contribution >= 4 is 0 Å². The molecule has 2 aromatic rings. The van der Waals surface area contributed by atoms with Crippen LogP contribution in [0.3, 0.4) is 0 Å². The van der Waals surface area contributed by atoms with E-state index in [0.29, 0.717) is 18.3 Å². The van der Waals surface area contributed by atoms with E-state index in [2.05, 4.69) is 12.2 Å². The predicted molar refractivity (Wildman–Crippen MR) is 85.3 cm³/mol. The maximum atomic E-state index is 10.1. The first-order valence-electron chi connectivity index (χ1n) is 7.39. The minimum Gasteiger partial charge on any atom is -0.508 e. The van der Waals surface area contributed by atoms with Crippen LogP contribution < -0.4 is 5.32 Å². The summed E-state index contributed by atoms with van der Waals surface area (Å²) in [5.74, 6) is 0.302. The first-order chi connectivity index (χ1) is 10.1. The van der Waals surface area contributed by atoms with Crippen molar-refractivity contribution in [2.24, 2.45) is 0 Å². The van der Waals surface area contributed by atoms with Crippen LogP contribution >= 0.6 is 0 Å². The van der Waals surface area contributed by atoms with E-state index in [-0.39, 0.29) is 0 Å². The van der Waals surface area contributed by atoms with Gasteiger partial charge in [0.2, 0.25) is 0 Å². The van der Waals surface area contributed by atoms with Crippen LogP contribution in [0.4, 0.5) is 0 Å². The zero-order chi connectivity index (χ0) is 15.1. The van der Waals surface area contributed by atoms with Crippen LogP contribution in [0.1, 0.15) is 30.6 Å². The van der Waals surface area contributed by atoms with Crippen LogP contribution in [-0.2, 0) is 6.42 Å². The summed E-state index contributed by atoms with van der Waals surface area (Å²) in [4.78, 5) is 0. The number of rotatable bonds is 7. The SMILES string of the molecule is C[C@@H](CCc1ccc(O)cc1)NC[C@H](O)c1ccccc1. The van der Waals surface area contributed by atoms with Gasteiger partial charge in [0.1, 0.15) is 5.75 Å². The number of aliphatic hydroxyl groups excluding tert-OH is 1. The number of aromatic hydroxyl groups is 1. The average Bonchev–Trinajstić information content (AvgIpc) is 2.53. The highest BCUT2D eigenvalue weighted by Gasteiger charge is 2.09. The molecule has 0 aliphatic heterocycles. The van der Waals surface area contributed by atoms with Crippen LogP contribution in [0.15, 0.2) is 54.6 Å². The number of nitrogens with one attached hydrogen (secondary N) is 1. The van der Waals surface area contributed by atoms with Crippen molar-refractivity contribution in [3.63, 3.8) is 0 Å². The molecule has 2 rings (SSSR count). The molecule has 2 aromatic carbocycles. The fraction of sp³-hybridized carbons (Fsp3) is 0.333. The monoisotopic (exact) mass is 285 g/mol. The summed E-state index contributed by atoms with van der Waals surface area (Å²) in [5.41, 5.74) is 2.15. The molecule has 0 aliphatic carbocycles. The minimum atomic E-state index is -0.470. The van der Waals surface area contributed by atoms with Crippen LogP contribution in [0.2, 0.25) is 0 Å². The first kappa shape index (κ1) is 15.5. The van der Waals surface area contributed by atoms with Crippen molar-refractivity contribution in [3.8, 4) is 5.75 Å². The number of phenolic OH excluding ortho intramolecular Hbond substituents is 1. The molecule has 0 fully saturated rings. The Bertz CT molecular complexity index is 525. The van der Waals surface area contributed by atoms with E-state index in [1.807, 2.05) is 42.5 Å². The quantitative estimate of drug-likeness (QED) is 0.733. The Kier molecular flexibility index (Phi) is 5.78. The number of hydrogen-bond donors (Lipinski definition) is 3. The van der Waals surface area contributed by atoms with Crippen molar-refractivity contribution < 1.29 is 10.2 Å². The Morgan fingerprint density at radius 2 is 1.67 bits per heavy atom.